The summed E-state index contributed by atoms with van der Waals surface area (Å²) in [4.78, 5) is 0. The fourth-order valence-electron chi connectivity index (χ4n) is 5.21. The summed E-state index contributed by atoms with van der Waals surface area (Å²) in [6, 6.07) is 33.4. The summed E-state index contributed by atoms with van der Waals surface area (Å²) in [6.45, 7) is 0. The second-order valence-corrected chi connectivity index (χ2v) is 7.80. The van der Waals surface area contributed by atoms with Crippen molar-refractivity contribution in [1.82, 2.24) is 4.40 Å². The van der Waals surface area contributed by atoms with Gasteiger partial charge < -0.3 is 4.40 Å². The van der Waals surface area contributed by atoms with E-state index in [1.54, 1.807) is 0 Å². The average molecular weight is 355 g/mol. The zero-order valence-electron chi connectivity index (χ0n) is 15.3. The van der Waals surface area contributed by atoms with Gasteiger partial charge in [0, 0.05) is 16.2 Å². The van der Waals surface area contributed by atoms with E-state index in [0.29, 0.717) is 0 Å². The highest BCUT2D eigenvalue weighted by Crippen LogP contribution is 2.45. The Kier molecular flexibility index (Phi) is 2.60. The van der Waals surface area contributed by atoms with Crippen molar-refractivity contribution in [3.05, 3.63) is 102 Å². The fourth-order valence-corrected chi connectivity index (χ4v) is 5.21. The molecule has 0 radical (unpaired) electrons. The summed E-state index contributed by atoms with van der Waals surface area (Å²) in [5.41, 5.74) is 9.56. The van der Waals surface area contributed by atoms with Gasteiger partial charge in [-0.05, 0) is 52.3 Å². The van der Waals surface area contributed by atoms with Crippen molar-refractivity contribution in [2.45, 2.75) is 6.42 Å². The van der Waals surface area contributed by atoms with Crippen LogP contribution in [0.3, 0.4) is 0 Å². The molecule has 0 aliphatic heterocycles. The molecule has 6 aromatic rings. The Labute approximate surface area is 162 Å². The second kappa shape index (κ2) is 5.02. The fraction of sp³-hybridized carbons (Fsp3) is 0.0370. The Hall–Kier alpha value is -3.58. The van der Waals surface area contributed by atoms with Crippen LogP contribution in [0.2, 0.25) is 0 Å². The summed E-state index contributed by atoms with van der Waals surface area (Å²) < 4.78 is 2.45. The van der Waals surface area contributed by atoms with Gasteiger partial charge in [0.05, 0.1) is 16.6 Å². The van der Waals surface area contributed by atoms with Crippen LogP contribution in [-0.4, -0.2) is 4.40 Å². The molecule has 0 atom stereocenters. The Balaban J connectivity index is 1.84. The number of fused-ring (bicyclic) bond motifs is 12. The number of nitrogens with zero attached hydrogens (tertiary/aromatic N) is 1. The van der Waals surface area contributed by atoms with Crippen LogP contribution in [-0.2, 0) is 6.42 Å². The monoisotopic (exact) mass is 355 g/mol. The number of rotatable bonds is 0. The highest BCUT2D eigenvalue weighted by atomic mass is 14.9. The van der Waals surface area contributed by atoms with Crippen LogP contribution in [0.4, 0.5) is 0 Å². The van der Waals surface area contributed by atoms with Crippen LogP contribution < -0.4 is 0 Å². The molecule has 1 aliphatic carbocycles. The molecule has 0 amide bonds. The van der Waals surface area contributed by atoms with Crippen LogP contribution in [0, 0.1) is 0 Å². The van der Waals surface area contributed by atoms with Crippen LogP contribution in [0.15, 0.2) is 91.0 Å². The minimum atomic E-state index is 1.03. The van der Waals surface area contributed by atoms with Crippen LogP contribution in [0.1, 0.15) is 11.1 Å². The molecular weight excluding hydrogens is 338 g/mol. The van der Waals surface area contributed by atoms with Gasteiger partial charge in [-0.25, -0.2) is 0 Å². The van der Waals surface area contributed by atoms with Gasteiger partial charge >= 0.3 is 0 Å². The van der Waals surface area contributed by atoms with E-state index in [9.17, 15) is 0 Å². The smallest absolute Gasteiger partial charge is 0.0553 e. The lowest BCUT2D eigenvalue weighted by atomic mass is 9.95. The standard InChI is InChI=1S/C27H17N/c1-3-9-20-17(7-1)15-19-13-14-22-21-10-4-6-12-24(21)28-23-11-5-2-8-18(23)16-25(28)27(22)26(19)20/h1-14,16H,15H2. The largest absolute Gasteiger partial charge is 0.309 e. The summed E-state index contributed by atoms with van der Waals surface area (Å²) >= 11 is 0. The Bertz CT molecular complexity index is 1580. The third-order valence-corrected chi connectivity index (χ3v) is 6.36. The van der Waals surface area contributed by atoms with Gasteiger partial charge in [-0.15, -0.1) is 0 Å². The van der Waals surface area contributed by atoms with E-state index in [-0.39, 0.29) is 0 Å². The number of hydrogen-bond donors (Lipinski definition) is 0. The van der Waals surface area contributed by atoms with Crippen LogP contribution in [0.25, 0.3) is 49.2 Å². The molecule has 0 saturated carbocycles. The molecule has 2 heterocycles. The molecule has 0 unspecified atom stereocenters. The molecule has 0 saturated heterocycles. The average Bonchev–Trinajstić information content (AvgIpc) is 3.32. The van der Waals surface area contributed by atoms with Crippen LogP contribution >= 0.6 is 0 Å². The zero-order chi connectivity index (χ0) is 18.2. The first-order valence-corrected chi connectivity index (χ1v) is 9.85. The van der Waals surface area contributed by atoms with E-state index in [2.05, 4.69) is 95.4 Å². The normalized spacial score (nSPS) is 12.9. The maximum Gasteiger partial charge on any atom is 0.0553 e. The quantitative estimate of drug-likeness (QED) is 0.259. The molecule has 0 N–H and O–H groups in total. The zero-order valence-corrected chi connectivity index (χ0v) is 15.3. The van der Waals surface area contributed by atoms with Crippen molar-refractivity contribution < 1.29 is 0 Å². The van der Waals surface area contributed by atoms with Gasteiger partial charge in [-0.3, -0.25) is 0 Å². The number of para-hydroxylation sites is 2. The van der Waals surface area contributed by atoms with Gasteiger partial charge in [0.15, 0.2) is 0 Å². The van der Waals surface area contributed by atoms with E-state index in [0.717, 1.165) is 6.42 Å². The predicted molar refractivity (Wildman–Crippen MR) is 118 cm³/mol. The van der Waals surface area contributed by atoms with E-state index in [1.807, 2.05) is 0 Å². The van der Waals surface area contributed by atoms with Gasteiger partial charge in [0.2, 0.25) is 0 Å². The lowest BCUT2D eigenvalue weighted by Crippen LogP contribution is -1.93. The molecule has 0 bridgehead atoms. The third-order valence-electron chi connectivity index (χ3n) is 6.36. The molecule has 0 spiro atoms. The summed E-state index contributed by atoms with van der Waals surface area (Å²) in [6.07, 6.45) is 1.03. The van der Waals surface area contributed by atoms with Crippen molar-refractivity contribution in [1.29, 1.82) is 0 Å². The predicted octanol–water partition coefficient (Wildman–Crippen LogP) is 6.97. The number of pyridine rings is 1. The SMILES string of the molecule is c1ccc2c(c1)Cc1ccc3c4ccccc4n4c5ccccc5cc4c3c1-2. The molecule has 1 nitrogen and oxygen atoms in total. The Morgan fingerprint density at radius 2 is 1.36 bits per heavy atom. The van der Waals surface area contributed by atoms with Crippen molar-refractivity contribution in [2.75, 3.05) is 0 Å². The first-order valence-electron chi connectivity index (χ1n) is 9.85. The molecular formula is C27H17N. The second-order valence-electron chi connectivity index (χ2n) is 7.80. The molecule has 1 aliphatic rings. The van der Waals surface area contributed by atoms with E-state index < -0.39 is 0 Å². The first-order chi connectivity index (χ1) is 13.9. The lowest BCUT2D eigenvalue weighted by Gasteiger charge is -2.14. The van der Waals surface area contributed by atoms with E-state index in [1.165, 1.54) is 60.3 Å². The maximum atomic E-state index is 2.45. The minimum Gasteiger partial charge on any atom is -0.309 e. The summed E-state index contributed by atoms with van der Waals surface area (Å²) in [5, 5.41) is 5.35. The van der Waals surface area contributed by atoms with Gasteiger partial charge in [-0.1, -0.05) is 72.8 Å². The molecule has 4 aromatic carbocycles. The third kappa shape index (κ3) is 1.67. The van der Waals surface area contributed by atoms with Crippen molar-refractivity contribution in [3.63, 3.8) is 0 Å². The number of benzene rings is 4. The first kappa shape index (κ1) is 14.5. The molecule has 28 heavy (non-hydrogen) atoms. The van der Waals surface area contributed by atoms with E-state index in [4.69, 9.17) is 0 Å². The lowest BCUT2D eigenvalue weighted by molar-refractivity contribution is 1.27. The van der Waals surface area contributed by atoms with Crippen molar-refractivity contribution in [3.8, 4) is 11.1 Å². The summed E-state index contributed by atoms with van der Waals surface area (Å²) in [7, 11) is 0. The van der Waals surface area contributed by atoms with Crippen molar-refractivity contribution >= 4 is 38.1 Å². The molecule has 0 fully saturated rings. The molecule has 130 valence electrons. The van der Waals surface area contributed by atoms with Gasteiger partial charge in [-0.2, -0.15) is 0 Å². The van der Waals surface area contributed by atoms with E-state index >= 15 is 0 Å². The van der Waals surface area contributed by atoms with Crippen LogP contribution in [0.5, 0.6) is 0 Å². The Morgan fingerprint density at radius 3 is 2.32 bits per heavy atom. The Morgan fingerprint density at radius 1 is 0.571 bits per heavy atom. The molecule has 7 rings (SSSR count). The summed E-state index contributed by atoms with van der Waals surface area (Å²) in [5.74, 6) is 0. The maximum absolute atomic E-state index is 2.45. The highest BCUT2D eigenvalue weighted by Gasteiger charge is 2.23. The number of hydrogen-bond acceptors (Lipinski definition) is 0. The van der Waals surface area contributed by atoms with Crippen molar-refractivity contribution in [2.24, 2.45) is 0 Å². The molecule has 2 aromatic heterocycles. The van der Waals surface area contributed by atoms with Gasteiger partial charge in [0.1, 0.15) is 0 Å². The highest BCUT2D eigenvalue weighted by molar-refractivity contribution is 6.21. The van der Waals surface area contributed by atoms with Gasteiger partial charge in [0.25, 0.3) is 0 Å². The number of aromatic nitrogens is 1. The molecule has 1 heteroatoms. The minimum absolute atomic E-state index is 1.03. The topological polar surface area (TPSA) is 4.41 Å².